The normalized spacial score (nSPS) is 11.1. The van der Waals surface area contributed by atoms with Crippen LogP contribution in [0.25, 0.3) is 11.4 Å². The second-order valence-corrected chi connectivity index (χ2v) is 8.04. The van der Waals surface area contributed by atoms with Crippen LogP contribution in [-0.2, 0) is 11.3 Å². The number of carbonyl (C=O) groups is 2. The van der Waals surface area contributed by atoms with Crippen molar-refractivity contribution < 1.29 is 14.0 Å². The lowest BCUT2D eigenvalue weighted by atomic mass is 10.0. The van der Waals surface area contributed by atoms with E-state index in [-0.39, 0.29) is 17.5 Å². The minimum atomic E-state index is -1.29. The van der Waals surface area contributed by atoms with Crippen molar-refractivity contribution in [2.45, 2.75) is 25.9 Å². The maximum absolute atomic E-state index is 13.4. The topological polar surface area (TPSA) is 115 Å². The van der Waals surface area contributed by atoms with Gasteiger partial charge < -0.3 is 5.32 Å². The zero-order valence-corrected chi connectivity index (χ0v) is 18.6. The number of amides is 2. The highest BCUT2D eigenvalue weighted by Crippen LogP contribution is 2.21. The highest BCUT2D eigenvalue weighted by molar-refractivity contribution is 6.02. The van der Waals surface area contributed by atoms with Crippen LogP contribution in [0.2, 0.25) is 0 Å². The van der Waals surface area contributed by atoms with Crippen LogP contribution in [0.5, 0.6) is 0 Å². The zero-order chi connectivity index (χ0) is 24.1. The molecule has 0 aliphatic heterocycles. The number of anilines is 1. The first-order chi connectivity index (χ1) is 16.3. The van der Waals surface area contributed by atoms with Gasteiger partial charge in [-0.2, -0.15) is 4.98 Å². The molecule has 0 bridgehead atoms. The van der Waals surface area contributed by atoms with Gasteiger partial charge in [0.15, 0.2) is 5.82 Å². The minimum Gasteiger partial charge on any atom is -0.337 e. The Hall–Kier alpha value is -4.47. The minimum absolute atomic E-state index is 0.0598. The summed E-state index contributed by atoms with van der Waals surface area (Å²) in [6, 6.07) is 16.9. The first kappa shape index (κ1) is 22.7. The van der Waals surface area contributed by atoms with Gasteiger partial charge in [0.2, 0.25) is 5.95 Å². The molecule has 0 aliphatic carbocycles. The quantitative estimate of drug-likeness (QED) is 0.439. The number of nitrogens with zero attached hydrogens (tertiary/aromatic N) is 5. The smallest absolute Gasteiger partial charge is 0.270 e. The molecule has 0 atom stereocenters. The second kappa shape index (κ2) is 9.57. The molecule has 2 aromatic heterocycles. The van der Waals surface area contributed by atoms with Crippen LogP contribution in [0.4, 0.5) is 10.3 Å². The van der Waals surface area contributed by atoms with Crippen molar-refractivity contribution in [1.29, 1.82) is 0 Å². The zero-order valence-electron chi connectivity index (χ0n) is 18.6. The Kier molecular flexibility index (Phi) is 6.39. The number of aromatic nitrogens is 5. The third-order valence-corrected chi connectivity index (χ3v) is 4.98. The van der Waals surface area contributed by atoms with Crippen LogP contribution in [0.3, 0.4) is 0 Å². The van der Waals surface area contributed by atoms with Crippen LogP contribution in [0.15, 0.2) is 73.2 Å². The fourth-order valence-electron chi connectivity index (χ4n) is 3.16. The Morgan fingerprint density at radius 1 is 1.03 bits per heavy atom. The molecule has 0 aliphatic rings. The van der Waals surface area contributed by atoms with Gasteiger partial charge in [-0.25, -0.2) is 19.0 Å². The number of hydrogen-bond donors (Lipinski definition) is 2. The third-order valence-electron chi connectivity index (χ3n) is 4.98. The molecule has 0 fully saturated rings. The molecule has 0 unspecified atom stereocenters. The van der Waals surface area contributed by atoms with Crippen molar-refractivity contribution in [1.82, 2.24) is 30.0 Å². The first-order valence-corrected chi connectivity index (χ1v) is 10.5. The summed E-state index contributed by atoms with van der Waals surface area (Å²) < 4.78 is 15.1. The average Bonchev–Trinajstić information content (AvgIpc) is 3.22. The number of halogens is 1. The number of nitrogens with one attached hydrogen (secondary N) is 2. The van der Waals surface area contributed by atoms with E-state index in [1.54, 1.807) is 30.7 Å². The average molecular weight is 459 g/mol. The van der Waals surface area contributed by atoms with Gasteiger partial charge in [-0.3, -0.25) is 14.9 Å². The molecule has 0 radical (unpaired) electrons. The number of rotatable bonds is 7. The van der Waals surface area contributed by atoms with Crippen molar-refractivity contribution in [2.75, 3.05) is 5.32 Å². The Bertz CT molecular complexity index is 1290. The van der Waals surface area contributed by atoms with E-state index in [0.717, 1.165) is 5.56 Å². The molecular weight excluding hydrogens is 437 g/mol. The van der Waals surface area contributed by atoms with Gasteiger partial charge in [-0.15, -0.1) is 5.10 Å². The summed E-state index contributed by atoms with van der Waals surface area (Å²) in [6.07, 6.45) is 2.69. The summed E-state index contributed by atoms with van der Waals surface area (Å²) in [7, 11) is 0. The molecular formula is C24H22FN7O2. The van der Waals surface area contributed by atoms with Crippen LogP contribution in [0, 0.1) is 5.82 Å². The molecule has 4 rings (SSSR count). The molecule has 9 nitrogen and oxygen atoms in total. The van der Waals surface area contributed by atoms with Gasteiger partial charge in [0.05, 0.1) is 6.54 Å². The van der Waals surface area contributed by atoms with Gasteiger partial charge in [0.1, 0.15) is 23.4 Å². The van der Waals surface area contributed by atoms with Crippen LogP contribution >= 0.6 is 0 Å². The van der Waals surface area contributed by atoms with E-state index < -0.39 is 17.4 Å². The van der Waals surface area contributed by atoms with E-state index >= 15 is 0 Å². The predicted octanol–water partition coefficient (Wildman–Crippen LogP) is 3.07. The molecule has 10 heteroatoms. The van der Waals surface area contributed by atoms with Crippen LogP contribution < -0.4 is 10.6 Å². The van der Waals surface area contributed by atoms with Crippen molar-refractivity contribution in [3.8, 4) is 11.4 Å². The summed E-state index contributed by atoms with van der Waals surface area (Å²) in [5.41, 5.74) is 0.468. The van der Waals surface area contributed by atoms with E-state index in [9.17, 15) is 14.0 Å². The molecule has 2 N–H and O–H groups in total. The lowest BCUT2D eigenvalue weighted by molar-refractivity contribution is -0.121. The van der Waals surface area contributed by atoms with Crippen molar-refractivity contribution in [3.63, 3.8) is 0 Å². The van der Waals surface area contributed by atoms with Crippen molar-refractivity contribution in [3.05, 3.63) is 90.3 Å². The van der Waals surface area contributed by atoms with Crippen molar-refractivity contribution in [2.24, 2.45) is 0 Å². The van der Waals surface area contributed by atoms with E-state index in [0.29, 0.717) is 17.9 Å². The molecule has 4 aromatic rings. The molecule has 34 heavy (non-hydrogen) atoms. The van der Waals surface area contributed by atoms with Gasteiger partial charge in [0.25, 0.3) is 11.8 Å². The standard InChI is InChI=1S/C24H22FN7O2/c1-24(2,30-21(33)19-12-13-26-15-27-19)22(34)29-23-28-20(17-8-10-18(25)11-9-17)32(31-23)14-16-6-4-3-5-7-16/h3-13,15H,14H2,1-2H3,(H,30,33)(H,29,31,34). The summed E-state index contributed by atoms with van der Waals surface area (Å²) in [5, 5.41) is 9.75. The highest BCUT2D eigenvalue weighted by Gasteiger charge is 2.31. The number of hydrogen-bond acceptors (Lipinski definition) is 6. The Morgan fingerprint density at radius 3 is 2.44 bits per heavy atom. The third kappa shape index (κ3) is 5.29. The maximum Gasteiger partial charge on any atom is 0.270 e. The Balaban J connectivity index is 1.57. The maximum atomic E-state index is 13.4. The molecule has 2 heterocycles. The van der Waals surface area contributed by atoms with E-state index in [4.69, 9.17) is 0 Å². The summed E-state index contributed by atoms with van der Waals surface area (Å²) in [5.74, 6) is -0.881. The number of benzene rings is 2. The van der Waals surface area contributed by atoms with Gasteiger partial charge >= 0.3 is 0 Å². The second-order valence-electron chi connectivity index (χ2n) is 8.04. The predicted molar refractivity (Wildman–Crippen MR) is 123 cm³/mol. The Morgan fingerprint density at radius 2 is 1.76 bits per heavy atom. The fraction of sp³-hybridized carbons (Fsp3) is 0.167. The molecule has 0 spiro atoms. The van der Waals surface area contributed by atoms with E-state index in [2.05, 4.69) is 30.7 Å². The van der Waals surface area contributed by atoms with E-state index in [1.807, 2.05) is 30.3 Å². The summed E-state index contributed by atoms with van der Waals surface area (Å²) in [4.78, 5) is 37.5. The first-order valence-electron chi connectivity index (χ1n) is 10.5. The molecule has 2 amide bonds. The fourth-order valence-corrected chi connectivity index (χ4v) is 3.16. The SMILES string of the molecule is CC(C)(NC(=O)c1ccncn1)C(=O)Nc1nc(-c2ccc(F)cc2)n(Cc2ccccc2)n1. The van der Waals surface area contributed by atoms with E-state index in [1.165, 1.54) is 30.7 Å². The van der Waals surface area contributed by atoms with Crippen molar-refractivity contribution >= 4 is 17.8 Å². The van der Waals surface area contributed by atoms with Crippen LogP contribution in [-0.4, -0.2) is 42.1 Å². The Labute approximate surface area is 195 Å². The lowest BCUT2D eigenvalue weighted by Gasteiger charge is -2.24. The largest absolute Gasteiger partial charge is 0.337 e. The monoisotopic (exact) mass is 459 g/mol. The summed E-state index contributed by atoms with van der Waals surface area (Å²) in [6.45, 7) is 3.51. The highest BCUT2D eigenvalue weighted by atomic mass is 19.1. The summed E-state index contributed by atoms with van der Waals surface area (Å²) >= 11 is 0. The molecule has 0 saturated heterocycles. The van der Waals surface area contributed by atoms with Crippen LogP contribution in [0.1, 0.15) is 29.9 Å². The molecule has 0 saturated carbocycles. The molecule has 2 aromatic carbocycles. The number of carbonyl (C=O) groups excluding carboxylic acids is 2. The molecule has 172 valence electrons. The lowest BCUT2D eigenvalue weighted by Crippen LogP contribution is -2.52. The van der Waals surface area contributed by atoms with Gasteiger partial charge in [-0.1, -0.05) is 30.3 Å². The van der Waals surface area contributed by atoms with Gasteiger partial charge in [-0.05, 0) is 49.7 Å². The van der Waals surface area contributed by atoms with Gasteiger partial charge in [0, 0.05) is 11.8 Å².